The van der Waals surface area contributed by atoms with E-state index in [4.69, 9.17) is 19.7 Å². The number of epoxide rings is 1. The van der Waals surface area contributed by atoms with E-state index < -0.39 is 6.10 Å². The van der Waals surface area contributed by atoms with Crippen LogP contribution in [0.1, 0.15) is 104 Å². The summed E-state index contributed by atoms with van der Waals surface area (Å²) in [6, 6.07) is 0. The molecule has 1 aliphatic rings. The summed E-state index contributed by atoms with van der Waals surface area (Å²) < 4.78 is 9.56. The molecule has 0 aromatic rings. The van der Waals surface area contributed by atoms with Crippen LogP contribution in [0.15, 0.2) is 0 Å². The third-order valence-electron chi connectivity index (χ3n) is 4.63. The van der Waals surface area contributed by atoms with Crippen molar-refractivity contribution in [2.45, 2.75) is 116 Å². The van der Waals surface area contributed by atoms with Crippen LogP contribution in [0.25, 0.3) is 0 Å². The first-order valence-corrected chi connectivity index (χ1v) is 11.2. The summed E-state index contributed by atoms with van der Waals surface area (Å²) in [7, 11) is 0. The van der Waals surface area contributed by atoms with Gasteiger partial charge in [-0.1, -0.05) is 84.0 Å². The van der Waals surface area contributed by atoms with Gasteiger partial charge in [0.25, 0.3) is 0 Å². The molecule has 2 unspecified atom stereocenters. The first-order valence-electron chi connectivity index (χ1n) is 11.2. The number of esters is 1. The van der Waals surface area contributed by atoms with E-state index in [9.17, 15) is 4.79 Å². The summed E-state index contributed by atoms with van der Waals surface area (Å²) in [5.41, 5.74) is 0. The van der Waals surface area contributed by atoms with Crippen LogP contribution in [0, 0.1) is 0 Å². The number of hydrogen-bond acceptors (Lipinski definition) is 5. The second kappa shape index (κ2) is 20.1. The van der Waals surface area contributed by atoms with E-state index in [1.165, 1.54) is 70.6 Å². The maximum atomic E-state index is 11.3. The van der Waals surface area contributed by atoms with E-state index in [0.717, 1.165) is 19.4 Å². The average Bonchev–Trinajstić information content (AvgIpc) is 3.46. The molecule has 0 spiro atoms. The van der Waals surface area contributed by atoms with Gasteiger partial charge in [-0.25, -0.2) is 0 Å². The minimum Gasteiger partial charge on any atom is -0.463 e. The van der Waals surface area contributed by atoms with Crippen molar-refractivity contribution in [3.8, 4) is 0 Å². The highest BCUT2D eigenvalue weighted by Crippen LogP contribution is 2.13. The number of rotatable bonds is 17. The van der Waals surface area contributed by atoms with Crippen LogP contribution in [-0.4, -0.2) is 48.2 Å². The molecule has 1 heterocycles. The van der Waals surface area contributed by atoms with Crippen LogP contribution in [0.3, 0.4) is 0 Å². The molecule has 0 radical (unpaired) electrons. The van der Waals surface area contributed by atoms with Crippen molar-refractivity contribution >= 4 is 5.97 Å². The third-order valence-corrected chi connectivity index (χ3v) is 4.63. The first kappa shape index (κ1) is 26.4. The number of aliphatic hydroxyl groups is 2. The summed E-state index contributed by atoms with van der Waals surface area (Å²) in [4.78, 5) is 11.3. The van der Waals surface area contributed by atoms with Gasteiger partial charge in [-0.05, 0) is 13.3 Å². The van der Waals surface area contributed by atoms with Crippen LogP contribution >= 0.6 is 0 Å². The predicted molar refractivity (Wildman–Crippen MR) is 110 cm³/mol. The van der Waals surface area contributed by atoms with Gasteiger partial charge in [0.2, 0.25) is 0 Å². The van der Waals surface area contributed by atoms with Crippen LogP contribution in [-0.2, 0) is 14.3 Å². The predicted octanol–water partition coefficient (Wildman–Crippen LogP) is 4.77. The first-order chi connectivity index (χ1) is 13.1. The van der Waals surface area contributed by atoms with Gasteiger partial charge in [0.05, 0.1) is 19.3 Å². The van der Waals surface area contributed by atoms with Crippen molar-refractivity contribution in [3.05, 3.63) is 0 Å². The molecule has 5 nitrogen and oxygen atoms in total. The fraction of sp³-hybridized carbons (Fsp3) is 0.955. The van der Waals surface area contributed by atoms with E-state index in [2.05, 4.69) is 13.8 Å². The highest BCUT2D eigenvalue weighted by molar-refractivity contribution is 5.69. The topological polar surface area (TPSA) is 79.3 Å². The lowest BCUT2D eigenvalue weighted by atomic mass is 10.0. The lowest BCUT2D eigenvalue weighted by Crippen LogP contribution is -2.21. The Labute approximate surface area is 166 Å². The van der Waals surface area contributed by atoms with Gasteiger partial charge in [-0.3, -0.25) is 4.79 Å². The molecule has 2 N–H and O–H groups in total. The summed E-state index contributed by atoms with van der Waals surface area (Å²) in [5.74, 6) is -0.277. The zero-order valence-electron chi connectivity index (χ0n) is 17.8. The molecule has 0 bridgehead atoms. The van der Waals surface area contributed by atoms with Gasteiger partial charge in [0.1, 0.15) is 12.7 Å². The maximum Gasteiger partial charge on any atom is 0.305 e. The fourth-order valence-corrected chi connectivity index (χ4v) is 2.70. The Morgan fingerprint density at radius 3 is 1.74 bits per heavy atom. The van der Waals surface area contributed by atoms with Crippen LogP contribution in [0.4, 0.5) is 0 Å². The molecule has 5 heteroatoms. The molecule has 1 aliphatic heterocycles. The van der Waals surface area contributed by atoms with Crippen molar-refractivity contribution in [3.63, 3.8) is 0 Å². The highest BCUT2D eigenvalue weighted by atomic mass is 16.6. The van der Waals surface area contributed by atoms with E-state index >= 15 is 0 Å². The zero-order valence-corrected chi connectivity index (χ0v) is 17.8. The van der Waals surface area contributed by atoms with Crippen molar-refractivity contribution in [2.75, 3.05) is 19.8 Å². The van der Waals surface area contributed by atoms with Gasteiger partial charge in [0.15, 0.2) is 0 Å². The molecule has 1 saturated heterocycles. The molecule has 162 valence electrons. The second-order valence-corrected chi connectivity index (χ2v) is 7.66. The lowest BCUT2D eigenvalue weighted by Gasteiger charge is -2.08. The molecule has 0 saturated carbocycles. The SMILES string of the molecule is CC1CO1.CCCCCCCCCCCCCCCC(=O)OCC(O)CO. The number of unbranched alkanes of at least 4 members (excludes halogenated alkanes) is 12. The molecule has 2 atom stereocenters. The van der Waals surface area contributed by atoms with Gasteiger partial charge in [-0.2, -0.15) is 0 Å². The van der Waals surface area contributed by atoms with Gasteiger partial charge >= 0.3 is 5.97 Å². The number of aliphatic hydroxyl groups excluding tert-OH is 2. The minimum absolute atomic E-state index is 0.103. The monoisotopic (exact) mass is 388 g/mol. The number of hydrogen-bond donors (Lipinski definition) is 2. The molecule has 0 amide bonds. The van der Waals surface area contributed by atoms with E-state index in [1.807, 2.05) is 0 Å². The highest BCUT2D eigenvalue weighted by Gasteiger charge is 2.13. The molecule has 1 rings (SSSR count). The van der Waals surface area contributed by atoms with Crippen molar-refractivity contribution in [2.24, 2.45) is 0 Å². The summed E-state index contributed by atoms with van der Waals surface area (Å²) in [6.07, 6.45) is 16.7. The van der Waals surface area contributed by atoms with E-state index in [1.54, 1.807) is 0 Å². The Morgan fingerprint density at radius 2 is 1.37 bits per heavy atom. The van der Waals surface area contributed by atoms with Crippen molar-refractivity contribution in [1.82, 2.24) is 0 Å². The molecular formula is C22H44O5. The smallest absolute Gasteiger partial charge is 0.305 e. The third kappa shape index (κ3) is 23.3. The molecule has 27 heavy (non-hydrogen) atoms. The number of carbonyl (C=O) groups excluding carboxylic acids is 1. The Morgan fingerprint density at radius 1 is 0.963 bits per heavy atom. The maximum absolute atomic E-state index is 11.3. The minimum atomic E-state index is -0.953. The van der Waals surface area contributed by atoms with Gasteiger partial charge < -0.3 is 19.7 Å². The second-order valence-electron chi connectivity index (χ2n) is 7.66. The summed E-state index contributed by atoms with van der Waals surface area (Å²) in [5, 5.41) is 17.7. The Bertz CT molecular complexity index is 318. The zero-order chi connectivity index (χ0) is 20.2. The van der Waals surface area contributed by atoms with Gasteiger partial charge in [0, 0.05) is 6.42 Å². The fourth-order valence-electron chi connectivity index (χ4n) is 2.70. The molecule has 0 aromatic heterocycles. The largest absolute Gasteiger partial charge is 0.463 e. The van der Waals surface area contributed by atoms with Crippen molar-refractivity contribution in [1.29, 1.82) is 0 Å². The quantitative estimate of drug-likeness (QED) is 0.213. The summed E-state index contributed by atoms with van der Waals surface area (Å²) >= 11 is 0. The Balaban J connectivity index is 0.00000148. The van der Waals surface area contributed by atoms with Crippen LogP contribution in [0.5, 0.6) is 0 Å². The van der Waals surface area contributed by atoms with Crippen LogP contribution in [0.2, 0.25) is 0 Å². The Kier molecular flexibility index (Phi) is 19.6. The Hall–Kier alpha value is -0.650. The molecular weight excluding hydrogens is 344 g/mol. The molecule has 0 aliphatic carbocycles. The summed E-state index contributed by atoms with van der Waals surface area (Å²) in [6.45, 7) is 4.82. The van der Waals surface area contributed by atoms with E-state index in [-0.39, 0.29) is 19.2 Å². The van der Waals surface area contributed by atoms with Crippen molar-refractivity contribution < 1.29 is 24.5 Å². The molecule has 0 aromatic carbocycles. The van der Waals surface area contributed by atoms with Crippen LogP contribution < -0.4 is 0 Å². The average molecular weight is 389 g/mol. The van der Waals surface area contributed by atoms with Gasteiger partial charge in [-0.15, -0.1) is 0 Å². The normalized spacial score (nSPS) is 16.4. The number of ether oxygens (including phenoxy) is 2. The van der Waals surface area contributed by atoms with E-state index in [0.29, 0.717) is 12.5 Å². The lowest BCUT2D eigenvalue weighted by molar-refractivity contribution is -0.147. The molecule has 1 fully saturated rings. The standard InChI is InChI=1S/C19H38O4.C3H6O/c1-2-3-4-5-6-7-8-9-10-11-12-13-14-15-19(22)23-17-18(21)16-20;1-3-2-4-3/h18,20-21H,2-17H2,1H3;3H,2H2,1H3. The number of carbonyl (C=O) groups is 1.